The normalized spacial score (nSPS) is 9.68. The maximum Gasteiger partial charge on any atom is 0.309 e. The molecule has 0 unspecified atom stereocenters. The van der Waals surface area contributed by atoms with Crippen LogP contribution in [-0.4, -0.2) is 30.9 Å². The van der Waals surface area contributed by atoms with Crippen LogP contribution in [-0.2, 0) is 23.9 Å². The number of hydrogen-bond donors (Lipinski definition) is 0. The van der Waals surface area contributed by atoms with Crippen LogP contribution in [0.15, 0.2) is 24.8 Å². The van der Waals surface area contributed by atoms with Gasteiger partial charge >= 0.3 is 11.9 Å². The summed E-state index contributed by atoms with van der Waals surface area (Å²) in [6.07, 6.45) is 14.8. The van der Waals surface area contributed by atoms with E-state index >= 15 is 0 Å². The Balaban J connectivity index is -0.000000206. The number of ketones is 1. The summed E-state index contributed by atoms with van der Waals surface area (Å²) in [5.41, 5.74) is 0. The van der Waals surface area contributed by atoms with E-state index in [-0.39, 0.29) is 39.1 Å². The Morgan fingerprint density at radius 1 is 0.821 bits per heavy atom. The van der Waals surface area contributed by atoms with Crippen molar-refractivity contribution in [1.82, 2.24) is 0 Å². The molecule has 28 heavy (non-hydrogen) atoms. The van der Waals surface area contributed by atoms with Gasteiger partial charge in [-0.05, 0) is 40.0 Å². The van der Waals surface area contributed by atoms with Crippen LogP contribution in [0.4, 0.5) is 0 Å². The number of ether oxygens (including phenoxy) is 2. The highest BCUT2D eigenvalue weighted by Crippen LogP contribution is 2.09. The highest BCUT2D eigenvalue weighted by atomic mass is 32.1. The van der Waals surface area contributed by atoms with Gasteiger partial charge in [0.25, 0.3) is 0 Å². The molecule has 0 aromatic heterocycles. The van der Waals surface area contributed by atoms with E-state index in [2.05, 4.69) is 11.3 Å². The van der Waals surface area contributed by atoms with Gasteiger partial charge in [-0.1, -0.05) is 43.9 Å². The first-order chi connectivity index (χ1) is 13.0. The van der Waals surface area contributed by atoms with Gasteiger partial charge in [0.15, 0.2) is 0 Å². The van der Waals surface area contributed by atoms with E-state index in [0.29, 0.717) is 26.1 Å². The van der Waals surface area contributed by atoms with Gasteiger partial charge in [-0.3, -0.25) is 14.4 Å². The summed E-state index contributed by atoms with van der Waals surface area (Å²) < 4.78 is 9.53. The van der Waals surface area contributed by atoms with E-state index < -0.39 is 0 Å². The fourth-order valence-electron chi connectivity index (χ4n) is 2.15. The zero-order chi connectivity index (χ0) is 20.8. The lowest BCUT2D eigenvalue weighted by Gasteiger charge is -2.01. The summed E-state index contributed by atoms with van der Waals surface area (Å²) in [5.74, 6) is -0.212. The summed E-state index contributed by atoms with van der Waals surface area (Å²) in [7, 11) is 0. The third-order valence-electron chi connectivity index (χ3n) is 3.51. The van der Waals surface area contributed by atoms with Crippen LogP contribution in [0, 0.1) is 0 Å². The highest BCUT2D eigenvalue weighted by molar-refractivity contribution is 7.59. The van der Waals surface area contributed by atoms with Crippen molar-refractivity contribution in [2.24, 2.45) is 0 Å². The lowest BCUT2D eigenvalue weighted by Crippen LogP contribution is -2.03. The molecule has 0 aliphatic carbocycles. The number of carbonyl (C=O) groups is 3. The molecule has 0 spiro atoms. The molecule has 0 aromatic carbocycles. The van der Waals surface area contributed by atoms with Crippen LogP contribution in [0.1, 0.15) is 86.4 Å². The molecule has 0 aliphatic heterocycles. The minimum atomic E-state index is -0.252. The number of rotatable bonds is 15. The van der Waals surface area contributed by atoms with Crippen molar-refractivity contribution < 1.29 is 25.3 Å². The average Bonchev–Trinajstić information content (AvgIpc) is 2.62. The lowest BCUT2D eigenvalue weighted by atomic mass is 10.1. The number of hydrogen-bond acceptors (Lipinski definition) is 5. The Hall–Kier alpha value is -1.56. The molecule has 0 aromatic rings. The zero-order valence-electron chi connectivity index (χ0n) is 18.0. The van der Waals surface area contributed by atoms with Gasteiger partial charge in [0.2, 0.25) is 0 Å². The van der Waals surface area contributed by atoms with Gasteiger partial charge < -0.3 is 9.47 Å². The molecule has 0 aliphatic rings. The molecule has 0 radical (unpaired) electrons. The largest absolute Gasteiger partial charge is 0.466 e. The van der Waals surface area contributed by atoms with Crippen LogP contribution in [0.2, 0.25) is 0 Å². The van der Waals surface area contributed by atoms with E-state index in [9.17, 15) is 14.4 Å². The second-order valence-corrected chi connectivity index (χ2v) is 6.14. The number of allylic oxidation sites excluding steroid dienone is 2. The molecule has 0 saturated carbocycles. The molecular weight excluding hydrogens is 376 g/mol. The van der Waals surface area contributed by atoms with Crippen molar-refractivity contribution in [2.75, 3.05) is 13.2 Å². The van der Waals surface area contributed by atoms with Gasteiger partial charge in [-0.25, -0.2) is 0 Å². The molecule has 0 saturated heterocycles. The summed E-state index contributed by atoms with van der Waals surface area (Å²) in [6.45, 7) is 9.71. The third-order valence-corrected chi connectivity index (χ3v) is 3.51. The SMILES string of the molecule is C=CCCCCCCCCC(=O)OCC.CCOC(=O)CC=CCC(C)=O.S.[2HH]. The average molecular weight is 420 g/mol. The topological polar surface area (TPSA) is 69.7 Å². The van der Waals surface area contributed by atoms with E-state index in [1.165, 1.54) is 32.6 Å². The molecule has 0 amide bonds. The summed E-state index contributed by atoms with van der Waals surface area (Å²) in [6, 6.07) is 0. The zero-order valence-corrected chi connectivity index (χ0v) is 19.0. The van der Waals surface area contributed by atoms with Gasteiger partial charge in [-0.15, -0.1) is 6.58 Å². The molecule has 0 atom stereocenters. The Labute approximate surface area is 179 Å². The molecule has 6 heteroatoms. The molecule has 5 nitrogen and oxygen atoms in total. The second-order valence-electron chi connectivity index (χ2n) is 6.14. The monoisotopic (exact) mass is 419 g/mol. The first-order valence-corrected chi connectivity index (χ1v) is 10.0. The van der Waals surface area contributed by atoms with E-state index in [4.69, 9.17) is 4.74 Å². The quantitative estimate of drug-likeness (QED) is 0.194. The highest BCUT2D eigenvalue weighted by Gasteiger charge is 2.00. The third kappa shape index (κ3) is 29.2. The van der Waals surface area contributed by atoms with E-state index in [1.54, 1.807) is 19.1 Å². The Morgan fingerprint density at radius 2 is 1.32 bits per heavy atom. The molecule has 0 heterocycles. The van der Waals surface area contributed by atoms with Gasteiger partial charge in [0.05, 0.1) is 19.6 Å². The number of unbranched alkanes of at least 4 members (excludes halogenated alkanes) is 6. The molecule has 0 fully saturated rings. The lowest BCUT2D eigenvalue weighted by molar-refractivity contribution is -0.143. The van der Waals surface area contributed by atoms with Gasteiger partial charge in [-0.2, -0.15) is 13.5 Å². The first-order valence-electron chi connectivity index (χ1n) is 10.0. The molecule has 166 valence electrons. The predicted molar refractivity (Wildman–Crippen MR) is 122 cm³/mol. The fourth-order valence-corrected chi connectivity index (χ4v) is 2.15. The predicted octanol–water partition coefficient (Wildman–Crippen LogP) is 5.69. The fraction of sp³-hybridized carbons (Fsp3) is 0.682. The smallest absolute Gasteiger partial charge is 0.309 e. The van der Waals surface area contributed by atoms with Crippen LogP contribution in [0.3, 0.4) is 0 Å². The summed E-state index contributed by atoms with van der Waals surface area (Å²) in [4.78, 5) is 32.2. The van der Waals surface area contributed by atoms with Crippen LogP contribution in [0.25, 0.3) is 0 Å². The minimum Gasteiger partial charge on any atom is -0.466 e. The Morgan fingerprint density at radius 3 is 1.86 bits per heavy atom. The summed E-state index contributed by atoms with van der Waals surface area (Å²) >= 11 is 0. The number of Topliss-reactive ketones (excluding diaryl/α,β-unsaturated/α-hetero) is 1. The van der Waals surface area contributed by atoms with Crippen molar-refractivity contribution in [3.8, 4) is 0 Å². The van der Waals surface area contributed by atoms with Crippen LogP contribution in [0.5, 0.6) is 0 Å². The van der Waals surface area contributed by atoms with Crippen LogP contribution >= 0.6 is 13.5 Å². The van der Waals surface area contributed by atoms with E-state index in [1.807, 2.05) is 13.0 Å². The molecule has 0 N–H and O–H groups in total. The standard InChI is InChI=1S/C13H24O2.C9H14O3.H2S.H2/c1-3-5-6-7-8-9-10-11-12-13(14)15-4-2;1-3-12-9(11)7-5-4-6-8(2)10;;/h3H,1,4-12H2,2H3;4-5H,3,6-7H2,1-2H3;1H2;1H/i;;;1+1. The summed E-state index contributed by atoms with van der Waals surface area (Å²) in [5, 5.41) is 0. The van der Waals surface area contributed by atoms with E-state index in [0.717, 1.165) is 19.3 Å². The van der Waals surface area contributed by atoms with Crippen molar-refractivity contribution in [3.63, 3.8) is 0 Å². The second kappa shape index (κ2) is 25.4. The molecular formula is C22H42O5S. The molecule has 0 bridgehead atoms. The maximum absolute atomic E-state index is 11.0. The Kier molecular flexibility index (Phi) is 28.3. The maximum atomic E-state index is 11.0. The number of esters is 2. The van der Waals surface area contributed by atoms with Crippen LogP contribution < -0.4 is 0 Å². The first kappa shape index (κ1) is 31.1. The van der Waals surface area contributed by atoms with Crippen molar-refractivity contribution in [3.05, 3.63) is 24.8 Å². The van der Waals surface area contributed by atoms with Gasteiger partial charge in [0.1, 0.15) is 5.78 Å². The van der Waals surface area contributed by atoms with Gasteiger partial charge in [0, 0.05) is 14.3 Å². The van der Waals surface area contributed by atoms with Crippen molar-refractivity contribution in [1.29, 1.82) is 0 Å². The Bertz CT molecular complexity index is 439. The van der Waals surface area contributed by atoms with Crippen molar-refractivity contribution >= 4 is 31.2 Å². The molecule has 0 rings (SSSR count). The number of carbonyl (C=O) groups excluding carboxylic acids is 3. The minimum absolute atomic E-state index is 0. The van der Waals surface area contributed by atoms with Crippen molar-refractivity contribution in [2.45, 2.75) is 85.0 Å².